The molecule has 0 atom stereocenters. The number of nitrogens with one attached hydrogen (secondary N) is 1. The molecular weight excluding hydrogens is 808 g/mol. The number of imidazole rings is 1. The van der Waals surface area contributed by atoms with Gasteiger partial charge in [0.25, 0.3) is 0 Å². The summed E-state index contributed by atoms with van der Waals surface area (Å²) in [6.07, 6.45) is 9.69. The van der Waals surface area contributed by atoms with Crippen molar-refractivity contribution < 1.29 is 19.1 Å². The van der Waals surface area contributed by atoms with Gasteiger partial charge in [-0.25, -0.2) is 24.5 Å². The van der Waals surface area contributed by atoms with Crippen molar-refractivity contribution in [1.82, 2.24) is 34.3 Å². The van der Waals surface area contributed by atoms with Crippen LogP contribution in [0.4, 0.5) is 9.59 Å². The quantitative estimate of drug-likeness (QED) is 0.136. The van der Waals surface area contributed by atoms with E-state index in [0.717, 1.165) is 59.2 Å². The van der Waals surface area contributed by atoms with Gasteiger partial charge in [-0.2, -0.15) is 0 Å². The van der Waals surface area contributed by atoms with E-state index in [2.05, 4.69) is 61.2 Å². The lowest BCUT2D eigenvalue weighted by atomic mass is 9.72. The summed E-state index contributed by atoms with van der Waals surface area (Å²) in [5.74, 6) is 0.365. The predicted molar refractivity (Wildman–Crippen MR) is 226 cm³/mol. The van der Waals surface area contributed by atoms with Crippen LogP contribution in [0.15, 0.2) is 97.7 Å². The second kappa shape index (κ2) is 18.2. The molecule has 2 amide bonds. The van der Waals surface area contributed by atoms with Crippen molar-refractivity contribution in [3.63, 3.8) is 0 Å². The highest BCUT2D eigenvalue weighted by atomic mass is 35.5. The molecule has 6 aromatic rings. The zero-order valence-electron chi connectivity index (χ0n) is 32.0. The standard InChI is InChI=1S/C27H27ClN4O2.C15H16Cl3N3O2/c1-26(2,3)34-25(33)31-27(14-7-15-27)19-10-12-20(13-11-19)32-22(18-8-5-4-6-9-18)16-21-23(32)17-29-24(28)30-21;1-2-4-20(15(22)21-5-3-19-10-21)6-7-23-14-12(17)8-11(16)9-13(14)18/h4-6,8-13,16-17H,7,14-15H2,1-3H3,(H,31,33);3,5,8-10H,2,4,6-7H2,1H3. The second-order valence-corrected chi connectivity index (χ2v) is 16.1. The Bertz CT molecular complexity index is 2280. The van der Waals surface area contributed by atoms with E-state index in [1.165, 1.54) is 10.9 Å². The van der Waals surface area contributed by atoms with E-state index < -0.39 is 11.1 Å². The molecule has 57 heavy (non-hydrogen) atoms. The molecule has 3 aromatic carbocycles. The fraction of sp³-hybridized carbons (Fsp3) is 0.310. The topological polar surface area (TPSA) is 116 Å². The highest BCUT2D eigenvalue weighted by Crippen LogP contribution is 2.42. The Morgan fingerprint density at radius 3 is 2.25 bits per heavy atom. The fourth-order valence-electron chi connectivity index (χ4n) is 6.55. The first-order valence-corrected chi connectivity index (χ1v) is 20.0. The van der Waals surface area contributed by atoms with Gasteiger partial charge in [0.15, 0.2) is 5.75 Å². The van der Waals surface area contributed by atoms with E-state index in [4.69, 9.17) is 55.9 Å². The zero-order valence-corrected chi connectivity index (χ0v) is 35.0. The first-order chi connectivity index (χ1) is 27.3. The van der Waals surface area contributed by atoms with Gasteiger partial charge in [0, 0.05) is 29.6 Å². The minimum Gasteiger partial charge on any atom is -0.489 e. The van der Waals surface area contributed by atoms with Crippen LogP contribution >= 0.6 is 46.4 Å². The Morgan fingerprint density at radius 1 is 0.947 bits per heavy atom. The van der Waals surface area contributed by atoms with E-state index in [1.54, 1.807) is 35.6 Å². The second-order valence-electron chi connectivity index (χ2n) is 14.5. The van der Waals surface area contributed by atoms with Gasteiger partial charge < -0.3 is 24.3 Å². The third kappa shape index (κ3) is 10.2. The van der Waals surface area contributed by atoms with Crippen LogP contribution in [-0.2, 0) is 10.3 Å². The molecule has 0 spiro atoms. The van der Waals surface area contributed by atoms with Gasteiger partial charge in [0.05, 0.1) is 45.1 Å². The van der Waals surface area contributed by atoms with Crippen LogP contribution in [0.1, 0.15) is 58.9 Å². The van der Waals surface area contributed by atoms with Gasteiger partial charge in [0.1, 0.15) is 18.5 Å². The van der Waals surface area contributed by atoms with Crippen molar-refractivity contribution in [1.29, 1.82) is 0 Å². The minimum atomic E-state index is -0.535. The van der Waals surface area contributed by atoms with Crippen molar-refractivity contribution in [2.45, 2.75) is 64.5 Å². The van der Waals surface area contributed by atoms with Gasteiger partial charge in [0.2, 0.25) is 5.28 Å². The van der Waals surface area contributed by atoms with Crippen molar-refractivity contribution in [3.8, 4) is 22.7 Å². The van der Waals surface area contributed by atoms with Gasteiger partial charge in [-0.1, -0.05) is 84.2 Å². The van der Waals surface area contributed by atoms with Crippen molar-refractivity contribution in [2.75, 3.05) is 19.7 Å². The summed E-state index contributed by atoms with van der Waals surface area (Å²) in [5.41, 5.74) is 4.87. The summed E-state index contributed by atoms with van der Waals surface area (Å²) in [6, 6.07) is 23.5. The summed E-state index contributed by atoms with van der Waals surface area (Å²) >= 11 is 24.1. The molecule has 0 aliphatic heterocycles. The molecule has 0 bridgehead atoms. The molecule has 1 saturated carbocycles. The highest BCUT2D eigenvalue weighted by Gasteiger charge is 2.41. The lowest BCUT2D eigenvalue weighted by Crippen LogP contribution is -2.52. The number of nitrogens with zero attached hydrogens (tertiary/aromatic N) is 6. The molecule has 7 rings (SSSR count). The average Bonchev–Trinajstić information content (AvgIpc) is 3.82. The van der Waals surface area contributed by atoms with Crippen molar-refractivity contribution >= 4 is 69.6 Å². The van der Waals surface area contributed by atoms with Crippen LogP contribution in [0.25, 0.3) is 28.0 Å². The van der Waals surface area contributed by atoms with E-state index in [0.29, 0.717) is 33.9 Å². The molecule has 0 saturated heterocycles. The largest absolute Gasteiger partial charge is 0.489 e. The lowest BCUT2D eigenvalue weighted by Gasteiger charge is -2.43. The lowest BCUT2D eigenvalue weighted by molar-refractivity contribution is 0.0377. The Labute approximate surface area is 351 Å². The van der Waals surface area contributed by atoms with Crippen LogP contribution in [0.2, 0.25) is 20.4 Å². The third-order valence-corrected chi connectivity index (χ3v) is 10.2. The Hall–Kier alpha value is -4.81. The summed E-state index contributed by atoms with van der Waals surface area (Å²) in [6.45, 7) is 8.90. The Morgan fingerprint density at radius 2 is 1.65 bits per heavy atom. The highest BCUT2D eigenvalue weighted by molar-refractivity contribution is 6.40. The van der Waals surface area contributed by atoms with Crippen LogP contribution in [-0.4, -0.2) is 66.4 Å². The van der Waals surface area contributed by atoms with E-state index in [-0.39, 0.29) is 24.0 Å². The average molecular weight is 852 g/mol. The molecule has 1 N–H and O–H groups in total. The molecule has 298 valence electrons. The normalized spacial score (nSPS) is 13.3. The number of carbonyl (C=O) groups is 2. The molecule has 15 heteroatoms. The number of hydrogen-bond acceptors (Lipinski definition) is 7. The van der Waals surface area contributed by atoms with Crippen molar-refractivity contribution in [3.05, 3.63) is 124 Å². The number of halogens is 4. The number of amides is 2. The number of carbonyl (C=O) groups excluding carboxylic acids is 2. The maximum absolute atomic E-state index is 12.5. The van der Waals surface area contributed by atoms with Gasteiger partial charge in [-0.15, -0.1) is 0 Å². The number of fused-ring (bicyclic) bond motifs is 1. The molecule has 11 nitrogen and oxygen atoms in total. The number of ether oxygens (including phenoxy) is 2. The zero-order chi connectivity index (χ0) is 40.7. The smallest absolute Gasteiger partial charge is 0.408 e. The molecule has 1 aliphatic carbocycles. The summed E-state index contributed by atoms with van der Waals surface area (Å²) in [4.78, 5) is 39.0. The fourth-order valence-corrected chi connectivity index (χ4v) is 7.61. The SMILES string of the molecule is CC(C)(C)OC(=O)NC1(c2ccc(-n3c(-c4ccccc4)cc4nc(Cl)ncc43)cc2)CCC1.CCCN(CCOc1c(Cl)cc(Cl)cc1Cl)C(=O)n1ccnc1. The molecule has 1 aliphatic rings. The first-order valence-electron chi connectivity index (χ1n) is 18.5. The number of benzene rings is 3. The van der Waals surface area contributed by atoms with Gasteiger partial charge >= 0.3 is 12.1 Å². The number of hydrogen-bond donors (Lipinski definition) is 1. The maximum Gasteiger partial charge on any atom is 0.408 e. The number of aromatic nitrogens is 5. The predicted octanol–water partition coefficient (Wildman–Crippen LogP) is 11.2. The molecule has 3 heterocycles. The van der Waals surface area contributed by atoms with E-state index in [1.807, 2.05) is 52.0 Å². The van der Waals surface area contributed by atoms with Crippen LogP contribution in [0, 0.1) is 0 Å². The molecule has 0 radical (unpaired) electrons. The molecular formula is C42H43Cl4N7O4. The number of rotatable bonds is 10. The summed E-state index contributed by atoms with van der Waals surface area (Å²) < 4.78 is 14.7. The third-order valence-electron chi connectivity index (χ3n) is 9.28. The van der Waals surface area contributed by atoms with Crippen LogP contribution in [0.5, 0.6) is 5.75 Å². The summed E-state index contributed by atoms with van der Waals surface area (Å²) in [5, 5.41) is 4.47. The monoisotopic (exact) mass is 849 g/mol. The maximum atomic E-state index is 12.5. The number of alkyl carbamates (subject to hydrolysis) is 1. The molecule has 3 aromatic heterocycles. The van der Waals surface area contributed by atoms with E-state index in [9.17, 15) is 9.59 Å². The molecule has 0 unspecified atom stereocenters. The van der Waals surface area contributed by atoms with Crippen molar-refractivity contribution in [2.24, 2.45) is 0 Å². The molecule has 1 fully saturated rings. The Kier molecular flexibility index (Phi) is 13.3. The first kappa shape index (κ1) is 41.8. The minimum absolute atomic E-state index is 0.152. The van der Waals surface area contributed by atoms with Crippen LogP contribution < -0.4 is 10.1 Å². The Balaban J connectivity index is 0.000000209. The van der Waals surface area contributed by atoms with Crippen LogP contribution in [0.3, 0.4) is 0 Å². The van der Waals surface area contributed by atoms with Gasteiger partial charge in [-0.05, 0) is 99.5 Å². The van der Waals surface area contributed by atoms with Gasteiger partial charge in [-0.3, -0.25) is 4.57 Å². The van der Waals surface area contributed by atoms with E-state index >= 15 is 0 Å². The summed E-state index contributed by atoms with van der Waals surface area (Å²) in [7, 11) is 0.